The maximum absolute atomic E-state index is 12.1. The third-order valence-corrected chi connectivity index (χ3v) is 4.06. The molecule has 1 saturated heterocycles. The van der Waals surface area contributed by atoms with E-state index in [0.29, 0.717) is 29.0 Å². The van der Waals surface area contributed by atoms with Crippen molar-refractivity contribution in [3.05, 3.63) is 23.2 Å². The summed E-state index contributed by atoms with van der Waals surface area (Å²) < 4.78 is 0. The van der Waals surface area contributed by atoms with Gasteiger partial charge in [-0.3, -0.25) is 9.69 Å². The molecule has 0 bridgehead atoms. The molecule has 1 unspecified atom stereocenters. The quantitative estimate of drug-likeness (QED) is 0.703. The van der Waals surface area contributed by atoms with Gasteiger partial charge in [0.15, 0.2) is 0 Å². The molecule has 1 heterocycles. The average molecular weight is 312 g/mol. The van der Waals surface area contributed by atoms with E-state index in [-0.39, 0.29) is 12.5 Å². The van der Waals surface area contributed by atoms with Crippen molar-refractivity contribution in [3.63, 3.8) is 0 Å². The zero-order valence-corrected chi connectivity index (χ0v) is 12.8. The van der Waals surface area contributed by atoms with Gasteiger partial charge in [0.05, 0.1) is 17.9 Å². The van der Waals surface area contributed by atoms with Crippen molar-refractivity contribution in [3.8, 4) is 0 Å². The van der Waals surface area contributed by atoms with Crippen molar-refractivity contribution >= 4 is 28.9 Å². The van der Waals surface area contributed by atoms with Gasteiger partial charge in [0.2, 0.25) is 5.91 Å². The van der Waals surface area contributed by atoms with Gasteiger partial charge in [0.1, 0.15) is 0 Å². The van der Waals surface area contributed by atoms with Crippen LogP contribution in [0.25, 0.3) is 0 Å². The average Bonchev–Trinajstić information content (AvgIpc) is 2.87. The topological polar surface area (TPSA) is 78.6 Å². The minimum absolute atomic E-state index is 0.0695. The van der Waals surface area contributed by atoms with Crippen LogP contribution in [0.5, 0.6) is 0 Å². The summed E-state index contributed by atoms with van der Waals surface area (Å²) in [5.41, 5.74) is 6.89. The van der Waals surface area contributed by atoms with Crippen LogP contribution in [0.2, 0.25) is 5.02 Å². The monoisotopic (exact) mass is 311 g/mol. The number of anilines is 2. The van der Waals surface area contributed by atoms with Crippen LogP contribution in [0.15, 0.2) is 18.2 Å². The van der Waals surface area contributed by atoms with E-state index in [1.807, 2.05) is 0 Å². The maximum atomic E-state index is 12.1. The molecule has 116 valence electrons. The Morgan fingerprint density at radius 2 is 2.33 bits per heavy atom. The van der Waals surface area contributed by atoms with Crippen LogP contribution in [0.1, 0.15) is 25.7 Å². The number of nitrogen functional groups attached to an aromatic ring is 1. The number of likely N-dealkylation sites (tertiary alicyclic amines) is 1. The highest BCUT2D eigenvalue weighted by atomic mass is 35.5. The fraction of sp³-hybridized carbons (Fsp3) is 0.533. The minimum atomic E-state index is -0.0695. The van der Waals surface area contributed by atoms with Crippen LogP contribution in [-0.4, -0.2) is 41.7 Å². The number of amides is 1. The second-order valence-corrected chi connectivity index (χ2v) is 5.85. The summed E-state index contributed by atoms with van der Waals surface area (Å²) in [6.45, 7) is 1.50. The number of hydrogen-bond donors (Lipinski definition) is 3. The Hall–Kier alpha value is -1.30. The number of halogens is 1. The molecule has 0 saturated carbocycles. The van der Waals surface area contributed by atoms with Gasteiger partial charge in [-0.15, -0.1) is 0 Å². The molecule has 2 rings (SSSR count). The lowest BCUT2D eigenvalue weighted by Crippen LogP contribution is -2.37. The largest absolute Gasteiger partial charge is 0.397 e. The summed E-state index contributed by atoms with van der Waals surface area (Å²) in [7, 11) is 0. The van der Waals surface area contributed by atoms with Crippen LogP contribution in [0.4, 0.5) is 11.4 Å². The van der Waals surface area contributed by atoms with E-state index in [4.69, 9.17) is 22.4 Å². The summed E-state index contributed by atoms with van der Waals surface area (Å²) >= 11 is 5.84. The van der Waals surface area contributed by atoms with E-state index in [9.17, 15) is 4.79 Å². The smallest absolute Gasteiger partial charge is 0.238 e. The normalized spacial score (nSPS) is 18.9. The molecule has 1 amide bonds. The van der Waals surface area contributed by atoms with E-state index in [1.54, 1.807) is 18.2 Å². The fourth-order valence-electron chi connectivity index (χ4n) is 2.78. The summed E-state index contributed by atoms with van der Waals surface area (Å²) in [5.74, 6) is -0.0695. The fourth-order valence-corrected chi connectivity index (χ4v) is 2.96. The Balaban J connectivity index is 1.89. The molecule has 1 aromatic rings. The van der Waals surface area contributed by atoms with Gasteiger partial charge in [-0.05, 0) is 50.4 Å². The van der Waals surface area contributed by atoms with E-state index < -0.39 is 0 Å². The van der Waals surface area contributed by atoms with Crippen molar-refractivity contribution in [2.75, 3.05) is 30.7 Å². The summed E-state index contributed by atoms with van der Waals surface area (Å²) in [6, 6.07) is 5.43. The summed E-state index contributed by atoms with van der Waals surface area (Å²) in [6.07, 6.45) is 3.92. The molecule has 1 fully saturated rings. The molecule has 1 aliphatic rings. The molecule has 1 atom stereocenters. The molecular weight excluding hydrogens is 290 g/mol. The van der Waals surface area contributed by atoms with Crippen LogP contribution < -0.4 is 11.1 Å². The first kappa shape index (κ1) is 16.1. The lowest BCUT2D eigenvalue weighted by Gasteiger charge is -2.23. The molecule has 0 radical (unpaired) electrons. The minimum Gasteiger partial charge on any atom is -0.397 e. The van der Waals surface area contributed by atoms with Crippen LogP contribution in [-0.2, 0) is 4.79 Å². The van der Waals surface area contributed by atoms with Crippen molar-refractivity contribution < 1.29 is 9.90 Å². The molecular formula is C15H22ClN3O2. The second kappa shape index (κ2) is 7.64. The van der Waals surface area contributed by atoms with E-state index >= 15 is 0 Å². The number of hydrogen-bond acceptors (Lipinski definition) is 4. The molecule has 5 nitrogen and oxygen atoms in total. The highest BCUT2D eigenvalue weighted by Gasteiger charge is 2.25. The van der Waals surface area contributed by atoms with Crippen molar-refractivity contribution in [1.29, 1.82) is 0 Å². The molecule has 0 spiro atoms. The van der Waals surface area contributed by atoms with Crippen molar-refractivity contribution in [2.45, 2.75) is 31.7 Å². The number of carbonyl (C=O) groups excluding carboxylic acids is 1. The van der Waals surface area contributed by atoms with Gasteiger partial charge in [-0.25, -0.2) is 0 Å². The highest BCUT2D eigenvalue weighted by Crippen LogP contribution is 2.24. The number of carbonyl (C=O) groups is 1. The van der Waals surface area contributed by atoms with Gasteiger partial charge in [-0.1, -0.05) is 11.6 Å². The van der Waals surface area contributed by atoms with Crippen molar-refractivity contribution in [2.24, 2.45) is 0 Å². The lowest BCUT2D eigenvalue weighted by molar-refractivity contribution is -0.117. The number of aliphatic hydroxyl groups is 1. The SMILES string of the molecule is Nc1cc(Cl)ccc1NC(=O)CN1CCCC1CCCO. The number of rotatable bonds is 6. The standard InChI is InChI=1S/C15H22ClN3O2/c16-11-5-6-14(13(17)9-11)18-15(21)10-19-7-1-3-12(19)4-2-8-20/h5-6,9,12,20H,1-4,7-8,10,17H2,(H,18,21). The molecule has 21 heavy (non-hydrogen) atoms. The Morgan fingerprint density at radius 3 is 3.05 bits per heavy atom. The van der Waals surface area contributed by atoms with E-state index in [1.165, 1.54) is 0 Å². The van der Waals surface area contributed by atoms with Gasteiger partial charge >= 0.3 is 0 Å². The summed E-state index contributed by atoms with van der Waals surface area (Å²) in [5, 5.41) is 12.3. The van der Waals surface area contributed by atoms with Gasteiger partial charge < -0.3 is 16.2 Å². The van der Waals surface area contributed by atoms with Gasteiger partial charge in [0.25, 0.3) is 0 Å². The molecule has 1 aromatic carbocycles. The zero-order chi connectivity index (χ0) is 15.2. The summed E-state index contributed by atoms with van der Waals surface area (Å²) in [4.78, 5) is 14.3. The Labute approximate surface area is 130 Å². The number of nitrogens with two attached hydrogens (primary N) is 1. The number of aliphatic hydroxyl groups excluding tert-OH is 1. The predicted octanol–water partition coefficient (Wildman–Crippen LogP) is 2.10. The number of nitrogens with zero attached hydrogens (tertiary/aromatic N) is 1. The molecule has 0 aliphatic carbocycles. The third kappa shape index (κ3) is 4.59. The Morgan fingerprint density at radius 1 is 1.52 bits per heavy atom. The maximum Gasteiger partial charge on any atom is 0.238 e. The molecule has 0 aromatic heterocycles. The van der Waals surface area contributed by atoms with E-state index in [0.717, 1.165) is 32.2 Å². The van der Waals surface area contributed by atoms with Crippen LogP contribution in [0.3, 0.4) is 0 Å². The molecule has 1 aliphatic heterocycles. The second-order valence-electron chi connectivity index (χ2n) is 5.41. The number of nitrogens with one attached hydrogen (secondary N) is 1. The zero-order valence-electron chi connectivity index (χ0n) is 12.0. The van der Waals surface area contributed by atoms with Gasteiger partial charge in [0, 0.05) is 17.7 Å². The van der Waals surface area contributed by atoms with Crippen LogP contribution >= 0.6 is 11.6 Å². The molecule has 6 heteroatoms. The lowest BCUT2D eigenvalue weighted by atomic mass is 10.1. The first-order valence-corrected chi connectivity index (χ1v) is 7.67. The van der Waals surface area contributed by atoms with E-state index in [2.05, 4.69) is 10.2 Å². The third-order valence-electron chi connectivity index (χ3n) is 3.83. The van der Waals surface area contributed by atoms with Crippen LogP contribution in [0, 0.1) is 0 Å². The molecule has 4 N–H and O–H groups in total. The number of benzene rings is 1. The van der Waals surface area contributed by atoms with Gasteiger partial charge in [-0.2, -0.15) is 0 Å². The predicted molar refractivity (Wildman–Crippen MR) is 85.4 cm³/mol. The highest BCUT2D eigenvalue weighted by molar-refractivity contribution is 6.31. The Bertz CT molecular complexity index is 496. The van der Waals surface area contributed by atoms with Crippen molar-refractivity contribution in [1.82, 2.24) is 4.90 Å². The first-order valence-electron chi connectivity index (χ1n) is 7.30. The Kier molecular flexibility index (Phi) is 5.85. The first-order chi connectivity index (χ1) is 10.1.